The monoisotopic (exact) mass is 599 g/mol. The minimum atomic E-state index is -0.675. The molecule has 220 valence electrons. The molecule has 0 N–H and O–H groups in total. The van der Waals surface area contributed by atoms with Crippen molar-refractivity contribution in [2.24, 2.45) is 4.99 Å². The van der Waals surface area contributed by atoms with E-state index in [4.69, 9.17) is 19.2 Å². The van der Waals surface area contributed by atoms with Crippen LogP contribution < -0.4 is 24.4 Å². The molecule has 11 heteroatoms. The van der Waals surface area contributed by atoms with Crippen molar-refractivity contribution >= 4 is 34.8 Å². The molecule has 1 atom stereocenters. The second kappa shape index (κ2) is 12.9. The smallest absolute Gasteiger partial charge is 0.338 e. The molecule has 0 aliphatic carbocycles. The van der Waals surface area contributed by atoms with Crippen LogP contribution in [0, 0.1) is 10.1 Å². The number of fused-ring (bicyclic) bond motifs is 1. The van der Waals surface area contributed by atoms with E-state index in [0.29, 0.717) is 22.9 Å². The maximum absolute atomic E-state index is 13.7. The van der Waals surface area contributed by atoms with E-state index in [1.165, 1.54) is 22.8 Å². The van der Waals surface area contributed by atoms with E-state index in [2.05, 4.69) is 0 Å². The maximum atomic E-state index is 13.7. The van der Waals surface area contributed by atoms with Crippen molar-refractivity contribution in [3.63, 3.8) is 0 Å². The van der Waals surface area contributed by atoms with Gasteiger partial charge in [0.2, 0.25) is 0 Å². The molecule has 2 heterocycles. The maximum Gasteiger partial charge on any atom is 0.338 e. The molecule has 1 aliphatic heterocycles. The second-order valence-electron chi connectivity index (χ2n) is 9.52. The summed E-state index contributed by atoms with van der Waals surface area (Å²) < 4.78 is 18.6. The molecule has 0 saturated carbocycles. The molecule has 1 aromatic heterocycles. The summed E-state index contributed by atoms with van der Waals surface area (Å²) in [5, 5.41) is 12.2. The number of carbonyl (C=O) groups excluding carboxylic acids is 1. The molecule has 43 heavy (non-hydrogen) atoms. The Bertz CT molecular complexity index is 1880. The number of ether oxygens (including phenoxy) is 3. The number of thiazole rings is 1. The van der Waals surface area contributed by atoms with E-state index in [1.54, 1.807) is 20.8 Å². The van der Waals surface area contributed by atoms with Crippen LogP contribution in [0.1, 0.15) is 43.5 Å². The van der Waals surface area contributed by atoms with Gasteiger partial charge in [-0.1, -0.05) is 72.0 Å². The second-order valence-corrected chi connectivity index (χ2v) is 10.5. The van der Waals surface area contributed by atoms with Crippen LogP contribution in [0.5, 0.6) is 11.5 Å². The van der Waals surface area contributed by atoms with Crippen molar-refractivity contribution in [1.29, 1.82) is 0 Å². The number of hydrogen-bond acceptors (Lipinski definition) is 9. The summed E-state index contributed by atoms with van der Waals surface area (Å²) in [6.45, 7) is 5.84. The van der Waals surface area contributed by atoms with Gasteiger partial charge in [-0.05, 0) is 44.0 Å². The molecule has 0 bridgehead atoms. The van der Waals surface area contributed by atoms with Gasteiger partial charge in [0.1, 0.15) is 12.6 Å². The molecule has 1 aliphatic rings. The number of nitrogens with zero attached hydrogens (tertiary/aromatic N) is 3. The number of aromatic nitrogens is 1. The predicted molar refractivity (Wildman–Crippen MR) is 163 cm³/mol. The van der Waals surface area contributed by atoms with Crippen LogP contribution in [0.4, 0.5) is 5.69 Å². The summed E-state index contributed by atoms with van der Waals surface area (Å²) in [5.41, 5.74) is 1.79. The first kappa shape index (κ1) is 29.5. The molecule has 0 fully saturated rings. The minimum absolute atomic E-state index is 0.165. The number of carbonyl (C=O) groups is 1. The summed E-state index contributed by atoms with van der Waals surface area (Å²) in [4.78, 5) is 43.5. The summed E-state index contributed by atoms with van der Waals surface area (Å²) in [6, 6.07) is 20.8. The lowest BCUT2D eigenvalue weighted by Gasteiger charge is -2.22. The fraction of sp³-hybridized carbons (Fsp3) is 0.219. The molecular weight excluding hydrogens is 570 g/mol. The topological polar surface area (TPSA) is 122 Å². The first-order valence-electron chi connectivity index (χ1n) is 13.7. The number of allylic oxidation sites excluding steroid dienone is 1. The van der Waals surface area contributed by atoms with Gasteiger partial charge >= 0.3 is 5.97 Å². The van der Waals surface area contributed by atoms with Gasteiger partial charge in [0.15, 0.2) is 16.3 Å². The molecular formula is C32H29N3O7S. The third-order valence-electron chi connectivity index (χ3n) is 6.77. The van der Waals surface area contributed by atoms with Crippen molar-refractivity contribution in [2.75, 3.05) is 13.2 Å². The van der Waals surface area contributed by atoms with E-state index >= 15 is 0 Å². The number of benzene rings is 3. The molecule has 5 rings (SSSR count). The highest BCUT2D eigenvalue weighted by Crippen LogP contribution is 2.36. The average molecular weight is 600 g/mol. The summed E-state index contributed by atoms with van der Waals surface area (Å²) in [7, 11) is 0. The van der Waals surface area contributed by atoms with Crippen LogP contribution >= 0.6 is 11.3 Å². The number of esters is 1. The van der Waals surface area contributed by atoms with E-state index < -0.39 is 22.5 Å². The van der Waals surface area contributed by atoms with Crippen molar-refractivity contribution in [3.05, 3.63) is 125 Å². The van der Waals surface area contributed by atoms with Crippen LogP contribution in [0.2, 0.25) is 0 Å². The Hall–Kier alpha value is -5.03. The molecule has 10 nitrogen and oxygen atoms in total. The quantitative estimate of drug-likeness (QED) is 0.146. The SMILES string of the molecule is CCOC(=O)C1=C(C)n2c(s/c(=C\c3cc(OCC)c(OCc4ccccc4)cc3[N+](=O)[O-])c2=O)=N[C@H]1c1ccccc1. The number of hydrogen-bond donors (Lipinski definition) is 0. The van der Waals surface area contributed by atoms with E-state index in [1.807, 2.05) is 60.7 Å². The zero-order valence-corrected chi connectivity index (χ0v) is 24.6. The van der Waals surface area contributed by atoms with Crippen molar-refractivity contribution in [1.82, 2.24) is 4.57 Å². The minimum Gasteiger partial charge on any atom is -0.490 e. The highest BCUT2D eigenvalue weighted by molar-refractivity contribution is 7.07. The van der Waals surface area contributed by atoms with E-state index in [0.717, 1.165) is 22.5 Å². The Morgan fingerprint density at radius 1 is 1.02 bits per heavy atom. The van der Waals surface area contributed by atoms with Crippen LogP contribution in [-0.2, 0) is 16.1 Å². The fourth-order valence-corrected chi connectivity index (χ4v) is 5.82. The predicted octanol–water partition coefficient (Wildman–Crippen LogP) is 4.79. The average Bonchev–Trinajstić information content (AvgIpc) is 3.32. The lowest BCUT2D eigenvalue weighted by atomic mass is 9.97. The Balaban J connectivity index is 1.64. The first-order valence-corrected chi connectivity index (χ1v) is 14.5. The first-order chi connectivity index (χ1) is 20.8. The number of rotatable bonds is 10. The summed E-state index contributed by atoms with van der Waals surface area (Å²) in [5.74, 6) is -0.0310. The van der Waals surface area contributed by atoms with Crippen LogP contribution in [-0.4, -0.2) is 28.7 Å². The summed E-state index contributed by atoms with van der Waals surface area (Å²) in [6.07, 6.45) is 1.45. The molecule has 0 unspecified atom stereocenters. The fourth-order valence-electron chi connectivity index (χ4n) is 4.79. The number of nitro groups is 1. The van der Waals surface area contributed by atoms with Crippen molar-refractivity contribution in [3.8, 4) is 11.5 Å². The van der Waals surface area contributed by atoms with E-state index in [-0.39, 0.29) is 40.3 Å². The summed E-state index contributed by atoms with van der Waals surface area (Å²) >= 11 is 1.08. The normalized spacial score (nSPS) is 14.6. The van der Waals surface area contributed by atoms with Crippen molar-refractivity contribution < 1.29 is 23.9 Å². The molecule has 0 saturated heterocycles. The van der Waals surface area contributed by atoms with Gasteiger partial charge in [0, 0.05) is 5.70 Å². The van der Waals surface area contributed by atoms with Gasteiger partial charge in [0.25, 0.3) is 11.2 Å². The van der Waals surface area contributed by atoms with Crippen LogP contribution in [0.25, 0.3) is 11.8 Å². The Kier molecular flexibility index (Phi) is 8.82. The largest absolute Gasteiger partial charge is 0.490 e. The highest BCUT2D eigenvalue weighted by Gasteiger charge is 2.31. The van der Waals surface area contributed by atoms with Crippen LogP contribution in [0.15, 0.2) is 88.2 Å². The molecule has 3 aromatic carbocycles. The van der Waals surface area contributed by atoms with Gasteiger partial charge in [-0.25, -0.2) is 9.79 Å². The standard InChI is InChI=1S/C32H29N3O7S/c1-4-40-25-16-23(24(35(38)39)18-26(25)42-19-21-12-8-6-9-13-21)17-27-30(36)34-20(3)28(31(37)41-5-2)29(33-32(34)43-27)22-14-10-7-11-15-22/h6-18,29H,4-5,19H2,1-3H3/b27-17-/t29-/m0/s1. The molecule has 0 spiro atoms. The van der Waals surface area contributed by atoms with Crippen molar-refractivity contribution in [2.45, 2.75) is 33.4 Å². The third kappa shape index (κ3) is 6.12. The van der Waals surface area contributed by atoms with Gasteiger partial charge in [-0.3, -0.25) is 19.5 Å². The highest BCUT2D eigenvalue weighted by atomic mass is 32.1. The zero-order chi connectivity index (χ0) is 30.5. The Morgan fingerprint density at radius 2 is 1.70 bits per heavy atom. The lowest BCUT2D eigenvalue weighted by molar-refractivity contribution is -0.385. The van der Waals surface area contributed by atoms with E-state index in [9.17, 15) is 19.7 Å². The molecule has 0 radical (unpaired) electrons. The number of nitro benzene ring substituents is 1. The Morgan fingerprint density at radius 3 is 2.35 bits per heavy atom. The van der Waals surface area contributed by atoms with Gasteiger partial charge in [-0.15, -0.1) is 0 Å². The third-order valence-corrected chi connectivity index (χ3v) is 7.75. The van der Waals surface area contributed by atoms with Crippen LogP contribution in [0.3, 0.4) is 0 Å². The zero-order valence-electron chi connectivity index (χ0n) is 23.8. The molecule has 0 amide bonds. The van der Waals surface area contributed by atoms with Gasteiger partial charge < -0.3 is 14.2 Å². The molecule has 4 aromatic rings. The lowest BCUT2D eigenvalue weighted by Crippen LogP contribution is -2.35. The van der Waals surface area contributed by atoms with Gasteiger partial charge in [-0.2, -0.15) is 0 Å². The Labute approximate surface area is 251 Å². The van der Waals surface area contributed by atoms with Gasteiger partial charge in [0.05, 0.1) is 39.9 Å².